The Bertz CT molecular complexity index is 1510. The minimum absolute atomic E-state index is 0.00927. The Morgan fingerprint density at radius 2 is 1.72 bits per heavy atom. The Hall–Kier alpha value is -3.52. The third-order valence-corrected chi connectivity index (χ3v) is 6.58. The van der Waals surface area contributed by atoms with Gasteiger partial charge in [0, 0.05) is 27.3 Å². The van der Waals surface area contributed by atoms with Crippen LogP contribution in [-0.4, -0.2) is 4.98 Å². The lowest BCUT2D eigenvalue weighted by Crippen LogP contribution is -2.14. The number of fused-ring (bicyclic) bond motifs is 8. The van der Waals surface area contributed by atoms with E-state index in [1.54, 1.807) is 6.08 Å². The van der Waals surface area contributed by atoms with Crippen molar-refractivity contribution in [2.24, 2.45) is 0 Å². The van der Waals surface area contributed by atoms with E-state index in [4.69, 9.17) is 4.42 Å². The zero-order valence-corrected chi connectivity index (χ0v) is 16.6. The van der Waals surface area contributed by atoms with Crippen molar-refractivity contribution in [2.75, 3.05) is 0 Å². The summed E-state index contributed by atoms with van der Waals surface area (Å²) in [6.45, 7) is 12.5. The molecular formula is C27H21NO. The maximum Gasteiger partial charge on any atom is 0.137 e. The SMILES string of the molecule is C=Cc1oc2ccc3c4cc5c(cc4[nH]c3c2c1C=C)C(C)(C)c1ccccc1-5. The summed E-state index contributed by atoms with van der Waals surface area (Å²) in [4.78, 5) is 3.69. The fourth-order valence-corrected chi connectivity index (χ4v) is 5.15. The molecule has 0 unspecified atom stereocenters. The number of furan rings is 1. The quantitative estimate of drug-likeness (QED) is 0.337. The first-order valence-electron chi connectivity index (χ1n) is 9.94. The first-order valence-corrected chi connectivity index (χ1v) is 9.94. The van der Waals surface area contributed by atoms with E-state index >= 15 is 0 Å². The van der Waals surface area contributed by atoms with Crippen molar-refractivity contribution in [3.8, 4) is 11.1 Å². The van der Waals surface area contributed by atoms with Crippen molar-refractivity contribution >= 4 is 44.9 Å². The van der Waals surface area contributed by atoms with Crippen LogP contribution in [0.15, 0.2) is 66.1 Å². The highest BCUT2D eigenvalue weighted by Crippen LogP contribution is 2.50. The summed E-state index contributed by atoms with van der Waals surface area (Å²) in [5, 5.41) is 3.52. The van der Waals surface area contributed by atoms with Crippen LogP contribution in [0.5, 0.6) is 0 Å². The molecule has 0 bridgehead atoms. The molecule has 3 aromatic carbocycles. The number of hydrogen-bond acceptors (Lipinski definition) is 1. The predicted octanol–water partition coefficient (Wildman–Crippen LogP) is 7.66. The molecular weight excluding hydrogens is 354 g/mol. The molecule has 0 fully saturated rings. The van der Waals surface area contributed by atoms with E-state index in [1.807, 2.05) is 6.08 Å². The molecule has 6 rings (SSSR count). The topological polar surface area (TPSA) is 28.9 Å². The molecule has 1 N–H and O–H groups in total. The molecule has 29 heavy (non-hydrogen) atoms. The third kappa shape index (κ3) is 1.91. The standard InChI is InChI=1S/C27H21NO/c1-5-15-23(6-2)29-24-12-11-17-19-13-18-16-9-7-8-10-20(16)27(3,4)21(18)14-22(19)28-26(17)25(15)24/h5-14,28H,1-2H2,3-4H3. The van der Waals surface area contributed by atoms with Crippen molar-refractivity contribution in [3.63, 3.8) is 0 Å². The molecule has 0 amide bonds. The molecule has 2 nitrogen and oxygen atoms in total. The average molecular weight is 375 g/mol. The summed E-state index contributed by atoms with van der Waals surface area (Å²) in [7, 11) is 0. The van der Waals surface area contributed by atoms with Gasteiger partial charge in [-0.15, -0.1) is 0 Å². The molecule has 0 radical (unpaired) electrons. The van der Waals surface area contributed by atoms with Crippen LogP contribution in [0.1, 0.15) is 36.3 Å². The summed E-state index contributed by atoms with van der Waals surface area (Å²) >= 11 is 0. The van der Waals surface area contributed by atoms with E-state index in [0.29, 0.717) is 0 Å². The molecule has 0 aliphatic heterocycles. The molecule has 1 aliphatic carbocycles. The number of benzene rings is 3. The van der Waals surface area contributed by atoms with Gasteiger partial charge in [0.2, 0.25) is 0 Å². The van der Waals surface area contributed by atoms with Gasteiger partial charge in [-0.05, 0) is 52.6 Å². The van der Waals surface area contributed by atoms with Gasteiger partial charge in [0.15, 0.2) is 0 Å². The Morgan fingerprint density at radius 1 is 0.897 bits per heavy atom. The minimum Gasteiger partial charge on any atom is -0.456 e. The number of hydrogen-bond donors (Lipinski definition) is 1. The van der Waals surface area contributed by atoms with Gasteiger partial charge in [0.25, 0.3) is 0 Å². The molecule has 140 valence electrons. The molecule has 0 saturated heterocycles. The van der Waals surface area contributed by atoms with Gasteiger partial charge < -0.3 is 9.40 Å². The predicted molar refractivity (Wildman–Crippen MR) is 123 cm³/mol. The van der Waals surface area contributed by atoms with E-state index in [9.17, 15) is 0 Å². The van der Waals surface area contributed by atoms with Gasteiger partial charge in [0.05, 0.1) is 10.9 Å². The summed E-state index contributed by atoms with van der Waals surface area (Å²) in [6.07, 6.45) is 3.60. The Balaban J connectivity index is 1.76. The van der Waals surface area contributed by atoms with Crippen LogP contribution in [0.2, 0.25) is 0 Å². The van der Waals surface area contributed by atoms with Crippen molar-refractivity contribution in [2.45, 2.75) is 19.3 Å². The summed E-state index contributed by atoms with van der Waals surface area (Å²) in [6, 6.07) is 17.6. The zero-order valence-electron chi connectivity index (χ0n) is 16.6. The van der Waals surface area contributed by atoms with E-state index in [-0.39, 0.29) is 5.41 Å². The third-order valence-electron chi connectivity index (χ3n) is 6.58. The van der Waals surface area contributed by atoms with Gasteiger partial charge >= 0.3 is 0 Å². The molecule has 0 saturated carbocycles. The monoisotopic (exact) mass is 375 g/mol. The number of aromatic nitrogens is 1. The van der Waals surface area contributed by atoms with Crippen LogP contribution >= 0.6 is 0 Å². The minimum atomic E-state index is -0.00927. The van der Waals surface area contributed by atoms with E-state index in [0.717, 1.165) is 33.3 Å². The Labute approximate surface area is 169 Å². The van der Waals surface area contributed by atoms with Gasteiger partial charge in [-0.3, -0.25) is 0 Å². The van der Waals surface area contributed by atoms with Crippen LogP contribution in [0.25, 0.3) is 56.1 Å². The number of aromatic amines is 1. The highest BCUT2D eigenvalue weighted by atomic mass is 16.3. The van der Waals surface area contributed by atoms with Crippen molar-refractivity contribution < 1.29 is 4.42 Å². The fourth-order valence-electron chi connectivity index (χ4n) is 5.15. The second-order valence-corrected chi connectivity index (χ2v) is 8.39. The van der Waals surface area contributed by atoms with E-state index < -0.39 is 0 Å². The van der Waals surface area contributed by atoms with Crippen LogP contribution in [0, 0.1) is 0 Å². The van der Waals surface area contributed by atoms with Crippen LogP contribution in [0.4, 0.5) is 0 Å². The summed E-state index contributed by atoms with van der Waals surface area (Å²) in [5.41, 5.74) is 9.53. The highest BCUT2D eigenvalue weighted by molar-refractivity contribution is 6.19. The van der Waals surface area contributed by atoms with Gasteiger partial charge in [-0.2, -0.15) is 0 Å². The second-order valence-electron chi connectivity index (χ2n) is 8.39. The largest absolute Gasteiger partial charge is 0.456 e. The average Bonchev–Trinajstić information content (AvgIpc) is 3.35. The smallest absolute Gasteiger partial charge is 0.137 e. The van der Waals surface area contributed by atoms with Crippen molar-refractivity contribution in [1.29, 1.82) is 0 Å². The maximum absolute atomic E-state index is 5.99. The second kappa shape index (κ2) is 5.30. The fraction of sp³-hybridized carbons (Fsp3) is 0.111. The van der Waals surface area contributed by atoms with Gasteiger partial charge in [-0.25, -0.2) is 0 Å². The van der Waals surface area contributed by atoms with E-state index in [1.165, 1.54) is 33.0 Å². The molecule has 2 heterocycles. The number of nitrogens with one attached hydrogen (secondary N) is 1. The first-order chi connectivity index (χ1) is 14.0. The lowest BCUT2D eigenvalue weighted by Gasteiger charge is -2.21. The Morgan fingerprint density at radius 3 is 2.52 bits per heavy atom. The normalized spacial score (nSPS) is 14.4. The van der Waals surface area contributed by atoms with Crippen LogP contribution < -0.4 is 0 Å². The summed E-state index contributed by atoms with van der Waals surface area (Å²) < 4.78 is 5.99. The van der Waals surface area contributed by atoms with Crippen molar-refractivity contribution in [3.05, 3.63) is 84.1 Å². The zero-order chi connectivity index (χ0) is 19.9. The van der Waals surface area contributed by atoms with Crippen molar-refractivity contribution in [1.82, 2.24) is 4.98 Å². The lowest BCUT2D eigenvalue weighted by atomic mass is 9.82. The van der Waals surface area contributed by atoms with E-state index in [2.05, 4.69) is 80.5 Å². The van der Waals surface area contributed by atoms with Crippen LogP contribution in [-0.2, 0) is 5.41 Å². The molecule has 2 aromatic heterocycles. The highest BCUT2D eigenvalue weighted by Gasteiger charge is 2.35. The van der Waals surface area contributed by atoms with Gasteiger partial charge in [-0.1, -0.05) is 57.3 Å². The van der Waals surface area contributed by atoms with Gasteiger partial charge in [0.1, 0.15) is 11.3 Å². The number of H-pyrrole nitrogens is 1. The molecule has 0 spiro atoms. The number of rotatable bonds is 2. The van der Waals surface area contributed by atoms with Crippen LogP contribution in [0.3, 0.4) is 0 Å². The lowest BCUT2D eigenvalue weighted by molar-refractivity contribution is 0.604. The summed E-state index contributed by atoms with van der Waals surface area (Å²) in [5.74, 6) is 0.763. The molecule has 1 aliphatic rings. The molecule has 2 heteroatoms. The first kappa shape index (κ1) is 16.4. The molecule has 0 atom stereocenters. The maximum atomic E-state index is 5.99. The Kier molecular flexibility index (Phi) is 3.00. The molecule has 5 aromatic rings.